The number of halogens is 1. The van der Waals surface area contributed by atoms with E-state index in [0.29, 0.717) is 16.5 Å². The van der Waals surface area contributed by atoms with Crippen molar-refractivity contribution >= 4 is 16.9 Å². The van der Waals surface area contributed by atoms with Crippen LogP contribution in [0.4, 0.5) is 4.39 Å². The van der Waals surface area contributed by atoms with E-state index in [9.17, 15) is 14.0 Å². The van der Waals surface area contributed by atoms with Gasteiger partial charge >= 0.3 is 5.97 Å². The van der Waals surface area contributed by atoms with Gasteiger partial charge in [0.2, 0.25) is 5.43 Å². The third-order valence-electron chi connectivity index (χ3n) is 3.82. The Bertz CT molecular complexity index is 790. The number of hydrogen-bond donors (Lipinski definition) is 0. The molecule has 2 aromatic rings. The van der Waals surface area contributed by atoms with Crippen molar-refractivity contribution in [1.82, 2.24) is 4.57 Å². The summed E-state index contributed by atoms with van der Waals surface area (Å²) in [5, 5.41) is 0.367. The summed E-state index contributed by atoms with van der Waals surface area (Å²) in [6.45, 7) is 3.56. The zero-order valence-corrected chi connectivity index (χ0v) is 12.0. The first-order chi connectivity index (χ1) is 10.0. The molecular formula is C16H16FNO3. The molecule has 0 saturated heterocycles. The number of fused-ring (bicyclic) bond motifs is 1. The lowest BCUT2D eigenvalue weighted by Crippen LogP contribution is -2.21. The van der Waals surface area contributed by atoms with Gasteiger partial charge in [-0.15, -0.1) is 0 Å². The Balaban J connectivity index is 2.34. The van der Waals surface area contributed by atoms with Gasteiger partial charge in [-0.1, -0.05) is 0 Å². The van der Waals surface area contributed by atoms with Crippen molar-refractivity contribution in [3.05, 3.63) is 45.5 Å². The molecule has 1 aliphatic rings. The van der Waals surface area contributed by atoms with E-state index in [2.05, 4.69) is 0 Å². The summed E-state index contributed by atoms with van der Waals surface area (Å²) in [4.78, 5) is 24.4. The zero-order valence-electron chi connectivity index (χ0n) is 12.0. The summed E-state index contributed by atoms with van der Waals surface area (Å²) in [6.07, 6.45) is 3.46. The van der Waals surface area contributed by atoms with Gasteiger partial charge in [0.05, 0.1) is 12.1 Å². The SMILES string of the molecule is CCOC(=O)c1cn(C2CC2)c2c(C)c(F)ccc2c1=O. The molecule has 0 bridgehead atoms. The van der Waals surface area contributed by atoms with Crippen LogP contribution in [0.2, 0.25) is 0 Å². The fraction of sp³-hybridized carbons (Fsp3) is 0.375. The van der Waals surface area contributed by atoms with Gasteiger partial charge in [-0.2, -0.15) is 0 Å². The summed E-state index contributed by atoms with van der Waals surface area (Å²) in [6, 6.07) is 2.94. The largest absolute Gasteiger partial charge is 0.462 e. The van der Waals surface area contributed by atoms with Crippen LogP contribution in [-0.4, -0.2) is 17.1 Å². The lowest BCUT2D eigenvalue weighted by atomic mass is 10.1. The number of hydrogen-bond acceptors (Lipinski definition) is 3. The van der Waals surface area contributed by atoms with Gasteiger partial charge in [0.1, 0.15) is 11.4 Å². The van der Waals surface area contributed by atoms with E-state index in [0.717, 1.165) is 12.8 Å². The molecule has 0 N–H and O–H groups in total. The van der Waals surface area contributed by atoms with Crippen molar-refractivity contribution in [2.45, 2.75) is 32.7 Å². The number of pyridine rings is 1. The Morgan fingerprint density at radius 1 is 1.43 bits per heavy atom. The number of benzene rings is 1. The molecule has 0 amide bonds. The molecular weight excluding hydrogens is 273 g/mol. The second-order valence-corrected chi connectivity index (χ2v) is 5.30. The molecule has 1 fully saturated rings. The summed E-state index contributed by atoms with van der Waals surface area (Å²) in [5.74, 6) is -0.971. The summed E-state index contributed by atoms with van der Waals surface area (Å²) in [5.41, 5.74) is 0.633. The monoisotopic (exact) mass is 289 g/mol. The van der Waals surface area contributed by atoms with Gasteiger partial charge in [0, 0.05) is 23.2 Å². The van der Waals surface area contributed by atoms with Gasteiger partial charge in [-0.3, -0.25) is 4.79 Å². The fourth-order valence-electron chi connectivity index (χ4n) is 2.59. The number of carbonyl (C=O) groups is 1. The van der Waals surface area contributed by atoms with E-state index in [1.54, 1.807) is 13.8 Å². The lowest BCUT2D eigenvalue weighted by Gasteiger charge is -2.14. The molecule has 1 aliphatic carbocycles. The number of esters is 1. The Kier molecular flexibility index (Phi) is 3.27. The zero-order chi connectivity index (χ0) is 15.1. The number of ether oxygens (including phenoxy) is 1. The van der Waals surface area contributed by atoms with Crippen molar-refractivity contribution in [3.8, 4) is 0 Å². The number of rotatable bonds is 3. The molecule has 0 spiro atoms. The first-order valence-corrected chi connectivity index (χ1v) is 7.05. The van der Waals surface area contributed by atoms with Crippen LogP contribution >= 0.6 is 0 Å². The standard InChI is InChI=1S/C16H16FNO3/c1-3-21-16(20)12-8-18(10-4-5-10)14-9(2)13(17)7-6-11(14)15(12)19/h6-8,10H,3-5H2,1-2H3. The molecule has 1 aromatic heterocycles. The van der Waals surface area contributed by atoms with Gasteiger partial charge in [0.15, 0.2) is 0 Å². The lowest BCUT2D eigenvalue weighted by molar-refractivity contribution is 0.0524. The maximum absolute atomic E-state index is 13.8. The van der Waals surface area contributed by atoms with E-state index in [-0.39, 0.29) is 24.0 Å². The smallest absolute Gasteiger partial charge is 0.343 e. The molecule has 3 rings (SSSR count). The summed E-state index contributed by atoms with van der Waals surface area (Å²) < 4.78 is 20.6. The van der Waals surface area contributed by atoms with Gasteiger partial charge in [-0.25, -0.2) is 9.18 Å². The highest BCUT2D eigenvalue weighted by Gasteiger charge is 2.28. The van der Waals surface area contributed by atoms with Crippen molar-refractivity contribution in [2.24, 2.45) is 0 Å². The molecule has 5 heteroatoms. The second-order valence-electron chi connectivity index (χ2n) is 5.30. The average Bonchev–Trinajstić information content (AvgIpc) is 3.28. The Morgan fingerprint density at radius 2 is 2.14 bits per heavy atom. The fourth-order valence-corrected chi connectivity index (χ4v) is 2.59. The molecule has 110 valence electrons. The van der Waals surface area contributed by atoms with Crippen LogP contribution in [0.3, 0.4) is 0 Å². The van der Waals surface area contributed by atoms with E-state index < -0.39 is 11.4 Å². The predicted octanol–water partition coefficient (Wildman–Crippen LogP) is 2.96. The molecule has 1 heterocycles. The number of aryl methyl sites for hydroxylation is 1. The molecule has 0 unspecified atom stereocenters. The Morgan fingerprint density at radius 3 is 2.76 bits per heavy atom. The highest BCUT2D eigenvalue weighted by Crippen LogP contribution is 2.37. The minimum absolute atomic E-state index is 0.0160. The quantitative estimate of drug-likeness (QED) is 0.816. The minimum atomic E-state index is -0.624. The van der Waals surface area contributed by atoms with Crippen LogP contribution in [0, 0.1) is 12.7 Å². The highest BCUT2D eigenvalue weighted by molar-refractivity contribution is 5.94. The average molecular weight is 289 g/mol. The molecule has 1 saturated carbocycles. The molecule has 21 heavy (non-hydrogen) atoms. The normalized spacial score (nSPS) is 14.4. The summed E-state index contributed by atoms with van der Waals surface area (Å²) >= 11 is 0. The highest BCUT2D eigenvalue weighted by atomic mass is 19.1. The number of aromatic nitrogens is 1. The van der Waals surface area contributed by atoms with E-state index in [4.69, 9.17) is 4.74 Å². The van der Waals surface area contributed by atoms with Crippen molar-refractivity contribution in [3.63, 3.8) is 0 Å². The first-order valence-electron chi connectivity index (χ1n) is 7.05. The van der Waals surface area contributed by atoms with Gasteiger partial charge in [0.25, 0.3) is 0 Å². The van der Waals surface area contributed by atoms with E-state index in [1.807, 2.05) is 4.57 Å². The van der Waals surface area contributed by atoms with Crippen LogP contribution in [-0.2, 0) is 4.74 Å². The number of carbonyl (C=O) groups excluding carboxylic acids is 1. The van der Waals surface area contributed by atoms with Crippen molar-refractivity contribution in [2.75, 3.05) is 6.61 Å². The second kappa shape index (κ2) is 4.98. The molecule has 0 radical (unpaired) electrons. The van der Waals surface area contributed by atoms with Crippen LogP contribution in [0.1, 0.15) is 41.7 Å². The maximum atomic E-state index is 13.8. The van der Waals surface area contributed by atoms with Gasteiger partial charge in [-0.05, 0) is 38.8 Å². The topological polar surface area (TPSA) is 48.3 Å². The molecule has 4 nitrogen and oxygen atoms in total. The number of nitrogens with zero attached hydrogens (tertiary/aromatic N) is 1. The van der Waals surface area contributed by atoms with E-state index in [1.165, 1.54) is 18.3 Å². The third-order valence-corrected chi connectivity index (χ3v) is 3.82. The van der Waals surface area contributed by atoms with Gasteiger partial charge < -0.3 is 9.30 Å². The van der Waals surface area contributed by atoms with Crippen molar-refractivity contribution in [1.29, 1.82) is 0 Å². The third kappa shape index (κ3) is 2.22. The predicted molar refractivity (Wildman–Crippen MR) is 77.1 cm³/mol. The first kappa shape index (κ1) is 13.8. The molecule has 0 atom stereocenters. The maximum Gasteiger partial charge on any atom is 0.343 e. The van der Waals surface area contributed by atoms with Crippen LogP contribution < -0.4 is 5.43 Å². The molecule has 1 aromatic carbocycles. The van der Waals surface area contributed by atoms with E-state index >= 15 is 0 Å². The summed E-state index contributed by atoms with van der Waals surface area (Å²) in [7, 11) is 0. The van der Waals surface area contributed by atoms with Crippen LogP contribution in [0.5, 0.6) is 0 Å². The minimum Gasteiger partial charge on any atom is -0.462 e. The Hall–Kier alpha value is -2.17. The van der Waals surface area contributed by atoms with Crippen molar-refractivity contribution < 1.29 is 13.9 Å². The van der Waals surface area contributed by atoms with Crippen LogP contribution in [0.15, 0.2) is 23.1 Å². The van der Waals surface area contributed by atoms with Crippen LogP contribution in [0.25, 0.3) is 10.9 Å². The molecule has 0 aliphatic heterocycles. The Labute approximate surface area is 121 Å².